The summed E-state index contributed by atoms with van der Waals surface area (Å²) in [6, 6.07) is 11.5. The first-order chi connectivity index (χ1) is 15.4. The van der Waals surface area contributed by atoms with Gasteiger partial charge in [-0.3, -0.25) is 4.79 Å². The van der Waals surface area contributed by atoms with Crippen LogP contribution in [-0.2, 0) is 27.8 Å². The third kappa shape index (κ3) is 4.94. The highest BCUT2D eigenvalue weighted by atomic mass is 32.2. The zero-order valence-corrected chi connectivity index (χ0v) is 19.6. The number of benzene rings is 1. The fourth-order valence-corrected chi connectivity index (χ4v) is 5.54. The number of hydrogen-bond donors (Lipinski definition) is 0. The first-order valence-electron chi connectivity index (χ1n) is 10.3. The van der Waals surface area contributed by atoms with Crippen LogP contribution in [0.4, 0.5) is 0 Å². The van der Waals surface area contributed by atoms with E-state index in [4.69, 9.17) is 4.74 Å². The van der Waals surface area contributed by atoms with Crippen LogP contribution in [0.15, 0.2) is 70.1 Å². The quantitative estimate of drug-likeness (QED) is 0.620. The fraction of sp³-hybridized carbons (Fsp3) is 0.304. The minimum atomic E-state index is -3.58. The van der Waals surface area contributed by atoms with Gasteiger partial charge in [-0.25, -0.2) is 8.42 Å². The first-order valence-corrected chi connectivity index (χ1v) is 12.8. The Balaban J connectivity index is 1.66. The van der Waals surface area contributed by atoms with Crippen molar-refractivity contribution in [2.75, 3.05) is 19.4 Å². The van der Waals surface area contributed by atoms with Crippen LogP contribution in [0.5, 0.6) is 5.75 Å². The number of amides is 1. The van der Waals surface area contributed by atoms with Crippen LogP contribution >= 0.6 is 11.3 Å². The zero-order valence-electron chi connectivity index (χ0n) is 18.0. The Bertz CT molecular complexity index is 1170. The van der Waals surface area contributed by atoms with Crippen molar-refractivity contribution in [3.63, 3.8) is 0 Å². The van der Waals surface area contributed by atoms with Crippen LogP contribution in [0, 0.1) is 0 Å². The molecule has 3 heterocycles. The van der Waals surface area contributed by atoms with Gasteiger partial charge in [0.15, 0.2) is 5.84 Å². The van der Waals surface area contributed by atoms with Crippen molar-refractivity contribution in [2.45, 2.75) is 25.9 Å². The van der Waals surface area contributed by atoms with E-state index in [0.717, 1.165) is 11.3 Å². The highest BCUT2D eigenvalue weighted by Crippen LogP contribution is 2.24. The molecule has 0 unspecified atom stereocenters. The van der Waals surface area contributed by atoms with Crippen molar-refractivity contribution in [2.24, 2.45) is 4.40 Å². The molecule has 0 saturated heterocycles. The van der Waals surface area contributed by atoms with Crippen LogP contribution in [0.2, 0.25) is 0 Å². The molecule has 0 saturated carbocycles. The number of fused-ring (bicyclic) bond motifs is 1. The van der Waals surface area contributed by atoms with E-state index in [1.54, 1.807) is 46.6 Å². The van der Waals surface area contributed by atoms with Gasteiger partial charge in [0.2, 0.25) is 0 Å². The predicted molar refractivity (Wildman–Crippen MR) is 126 cm³/mol. The van der Waals surface area contributed by atoms with Gasteiger partial charge in [0.1, 0.15) is 5.75 Å². The third-order valence-corrected chi connectivity index (χ3v) is 7.52. The molecule has 0 spiro atoms. The molecule has 0 bridgehead atoms. The number of thiophene rings is 1. The van der Waals surface area contributed by atoms with Crippen molar-refractivity contribution in [3.05, 3.63) is 76.1 Å². The van der Waals surface area contributed by atoms with Gasteiger partial charge in [-0.05, 0) is 48.2 Å². The lowest BCUT2D eigenvalue weighted by Crippen LogP contribution is -2.46. The van der Waals surface area contributed by atoms with Crippen molar-refractivity contribution in [1.29, 1.82) is 0 Å². The Morgan fingerprint density at radius 3 is 2.75 bits per heavy atom. The van der Waals surface area contributed by atoms with E-state index >= 15 is 0 Å². The summed E-state index contributed by atoms with van der Waals surface area (Å²) in [5.74, 6) is 0.643. The number of sulfonamides is 1. The number of hydrogen-bond acceptors (Lipinski definition) is 6. The van der Waals surface area contributed by atoms with Crippen molar-refractivity contribution in [3.8, 4) is 5.75 Å². The van der Waals surface area contributed by atoms with Crippen molar-refractivity contribution >= 4 is 33.1 Å². The summed E-state index contributed by atoms with van der Waals surface area (Å²) in [6.07, 6.45) is 5.88. The highest BCUT2D eigenvalue weighted by molar-refractivity contribution is 7.90. The van der Waals surface area contributed by atoms with Crippen molar-refractivity contribution in [1.82, 2.24) is 9.80 Å². The zero-order chi connectivity index (χ0) is 22.7. The lowest BCUT2D eigenvalue weighted by Gasteiger charge is -2.34. The topological polar surface area (TPSA) is 79.3 Å². The number of carbonyl (C=O) groups is 1. The average molecular weight is 472 g/mol. The van der Waals surface area contributed by atoms with Gasteiger partial charge in [-0.1, -0.05) is 18.2 Å². The number of rotatable bonds is 7. The lowest BCUT2D eigenvalue weighted by atomic mass is 10.1. The molecule has 2 aromatic rings. The molecule has 9 heteroatoms. The highest BCUT2D eigenvalue weighted by Gasteiger charge is 2.33. The summed E-state index contributed by atoms with van der Waals surface area (Å²) in [6.45, 7) is 2.68. The van der Waals surface area contributed by atoms with Crippen LogP contribution in [0.3, 0.4) is 0 Å². The molecular formula is C23H25N3O4S2. The normalized spacial score (nSPS) is 17.8. The molecule has 1 aromatic carbocycles. The molecule has 1 atom stereocenters. The van der Waals surface area contributed by atoms with Gasteiger partial charge >= 0.3 is 0 Å². The summed E-state index contributed by atoms with van der Waals surface area (Å²) in [5.41, 5.74) is 1.25. The molecular weight excluding hydrogens is 446 g/mol. The molecule has 0 radical (unpaired) electrons. The van der Waals surface area contributed by atoms with Gasteiger partial charge in [0, 0.05) is 36.6 Å². The van der Waals surface area contributed by atoms with E-state index in [2.05, 4.69) is 10.5 Å². The second-order valence-corrected chi connectivity index (χ2v) is 10.5. The lowest BCUT2D eigenvalue weighted by molar-refractivity contribution is -0.129. The molecule has 1 aromatic heterocycles. The van der Waals surface area contributed by atoms with Crippen LogP contribution in [-0.4, -0.2) is 55.4 Å². The van der Waals surface area contributed by atoms with Crippen LogP contribution in [0.25, 0.3) is 0 Å². The van der Waals surface area contributed by atoms with E-state index in [-0.39, 0.29) is 30.1 Å². The molecule has 2 aliphatic rings. The van der Waals surface area contributed by atoms with E-state index in [1.807, 2.05) is 42.6 Å². The second-order valence-electron chi connectivity index (χ2n) is 7.73. The summed E-state index contributed by atoms with van der Waals surface area (Å²) >= 11 is 1.65. The Labute approximate surface area is 192 Å². The molecule has 0 N–H and O–H groups in total. The van der Waals surface area contributed by atoms with Crippen LogP contribution in [0.1, 0.15) is 17.4 Å². The number of amidine groups is 1. The SMILES string of the molecule is COc1ccc(CN(C(=O)C2=CC=CN3CCS(=O)(=O)N=C23)[C@H](C)Cc2cccs2)cc1. The summed E-state index contributed by atoms with van der Waals surface area (Å²) in [4.78, 5) is 18.5. The molecule has 4 rings (SSSR count). The van der Waals surface area contributed by atoms with E-state index < -0.39 is 10.0 Å². The molecule has 32 heavy (non-hydrogen) atoms. The smallest absolute Gasteiger partial charge is 0.258 e. The van der Waals surface area contributed by atoms with Crippen molar-refractivity contribution < 1.29 is 17.9 Å². The first kappa shape index (κ1) is 22.3. The van der Waals surface area contributed by atoms with Gasteiger partial charge in [-0.15, -0.1) is 15.7 Å². The maximum Gasteiger partial charge on any atom is 0.258 e. The van der Waals surface area contributed by atoms with Gasteiger partial charge in [-0.2, -0.15) is 0 Å². The molecule has 168 valence electrons. The number of allylic oxidation sites excluding steroid dienone is 2. The Kier molecular flexibility index (Phi) is 6.48. The van der Waals surface area contributed by atoms with E-state index in [1.165, 1.54) is 4.88 Å². The number of nitrogens with zero attached hydrogens (tertiary/aromatic N) is 3. The minimum absolute atomic E-state index is 0.0628. The summed E-state index contributed by atoms with van der Waals surface area (Å²) in [7, 11) is -1.97. The van der Waals surface area contributed by atoms with Gasteiger partial charge in [0.05, 0.1) is 18.4 Å². The predicted octanol–water partition coefficient (Wildman–Crippen LogP) is 3.21. The fourth-order valence-electron chi connectivity index (χ4n) is 3.72. The standard InChI is InChI=1S/C23H25N3O4S2/c1-17(15-20-5-4-13-31-20)26(16-18-7-9-19(30-2)10-8-18)23(27)21-6-3-11-25-12-14-32(28,29)24-22(21)25/h3-11,13,17H,12,14-16H2,1-2H3/t17-/m1/s1. The maximum atomic E-state index is 13.8. The summed E-state index contributed by atoms with van der Waals surface area (Å²) < 4.78 is 33.4. The molecule has 0 fully saturated rings. The Hall–Kier alpha value is -2.91. The number of methoxy groups -OCH3 is 1. The Morgan fingerprint density at radius 2 is 2.06 bits per heavy atom. The number of carbonyl (C=O) groups excluding carboxylic acids is 1. The minimum Gasteiger partial charge on any atom is -0.497 e. The Morgan fingerprint density at radius 1 is 1.28 bits per heavy atom. The second kappa shape index (κ2) is 9.30. The molecule has 0 aliphatic carbocycles. The van der Waals surface area contributed by atoms with Gasteiger partial charge in [0.25, 0.3) is 15.9 Å². The van der Waals surface area contributed by atoms with E-state index in [9.17, 15) is 13.2 Å². The molecule has 2 aliphatic heterocycles. The number of ether oxygens (including phenoxy) is 1. The largest absolute Gasteiger partial charge is 0.497 e. The third-order valence-electron chi connectivity index (χ3n) is 5.47. The van der Waals surface area contributed by atoms with Crippen LogP contribution < -0.4 is 4.74 Å². The van der Waals surface area contributed by atoms with E-state index in [0.29, 0.717) is 18.5 Å². The van der Waals surface area contributed by atoms with Gasteiger partial charge < -0.3 is 14.5 Å². The molecule has 1 amide bonds. The average Bonchev–Trinajstić information content (AvgIpc) is 3.29. The molecule has 7 nitrogen and oxygen atoms in total. The summed E-state index contributed by atoms with van der Waals surface area (Å²) in [5, 5.41) is 2.02. The maximum absolute atomic E-state index is 13.8. The monoisotopic (exact) mass is 471 g/mol.